The Balaban J connectivity index is 0.000000277. The molecule has 0 unspecified atom stereocenters. The van der Waals surface area contributed by atoms with Crippen LogP contribution in [0.5, 0.6) is 0 Å². The summed E-state index contributed by atoms with van der Waals surface area (Å²) in [5, 5.41) is 2.65. The van der Waals surface area contributed by atoms with Crippen molar-refractivity contribution in [2.45, 2.75) is 39.5 Å². The summed E-state index contributed by atoms with van der Waals surface area (Å²) in [6, 6.07) is 7.52. The highest BCUT2D eigenvalue weighted by molar-refractivity contribution is 5.67. The van der Waals surface area contributed by atoms with Crippen molar-refractivity contribution < 1.29 is 9.53 Å². The lowest BCUT2D eigenvalue weighted by atomic mass is 10.2. The van der Waals surface area contributed by atoms with Crippen LogP contribution >= 0.6 is 0 Å². The smallest absolute Gasteiger partial charge is 0.407 e. The van der Waals surface area contributed by atoms with E-state index in [9.17, 15) is 4.79 Å². The van der Waals surface area contributed by atoms with Crippen LogP contribution in [0.25, 0.3) is 0 Å². The van der Waals surface area contributed by atoms with Gasteiger partial charge in [-0.05, 0) is 50.1 Å². The quantitative estimate of drug-likeness (QED) is 0.908. The highest BCUT2D eigenvalue weighted by atomic mass is 16.6. The fourth-order valence-electron chi connectivity index (χ4n) is 1.51. The van der Waals surface area contributed by atoms with Gasteiger partial charge in [0.15, 0.2) is 0 Å². The number of alkyl carbamates (subject to hydrolysis) is 1. The number of rotatable bonds is 3. The Labute approximate surface area is 137 Å². The van der Waals surface area contributed by atoms with Gasteiger partial charge in [0.05, 0.1) is 0 Å². The molecule has 0 saturated carbocycles. The van der Waals surface area contributed by atoms with E-state index in [4.69, 9.17) is 10.5 Å². The van der Waals surface area contributed by atoms with Gasteiger partial charge in [-0.15, -0.1) is 0 Å². The van der Waals surface area contributed by atoms with Gasteiger partial charge in [0.2, 0.25) is 0 Å². The number of hydrogen-bond acceptors (Lipinski definition) is 5. The molecule has 2 aromatic rings. The zero-order chi connectivity index (χ0) is 17.1. The van der Waals surface area contributed by atoms with Gasteiger partial charge in [0, 0.05) is 37.9 Å². The number of aromatic nitrogens is 2. The molecule has 0 spiro atoms. The number of amides is 1. The number of carbonyl (C=O) groups excluding carboxylic acids is 1. The van der Waals surface area contributed by atoms with Gasteiger partial charge in [-0.2, -0.15) is 0 Å². The Bertz CT molecular complexity index is 568. The molecular weight excluding hydrogens is 292 g/mol. The van der Waals surface area contributed by atoms with Crippen LogP contribution in [-0.4, -0.2) is 21.7 Å². The van der Waals surface area contributed by atoms with Crippen LogP contribution in [0.4, 0.5) is 4.79 Å². The van der Waals surface area contributed by atoms with Crippen molar-refractivity contribution in [3.8, 4) is 0 Å². The normalized spacial score (nSPS) is 10.3. The third-order valence-corrected chi connectivity index (χ3v) is 2.54. The van der Waals surface area contributed by atoms with E-state index in [1.165, 1.54) is 0 Å². The summed E-state index contributed by atoms with van der Waals surface area (Å²) >= 11 is 0. The Morgan fingerprint density at radius 3 is 2.30 bits per heavy atom. The summed E-state index contributed by atoms with van der Waals surface area (Å²) in [5.74, 6) is 0. The average molecular weight is 316 g/mol. The molecule has 0 aliphatic heterocycles. The van der Waals surface area contributed by atoms with Crippen LogP contribution in [-0.2, 0) is 17.8 Å². The fourth-order valence-corrected chi connectivity index (χ4v) is 1.51. The molecule has 3 N–H and O–H groups in total. The number of hydrogen-bond donors (Lipinski definition) is 2. The van der Waals surface area contributed by atoms with E-state index >= 15 is 0 Å². The Morgan fingerprint density at radius 2 is 1.83 bits per heavy atom. The predicted molar refractivity (Wildman–Crippen MR) is 89.4 cm³/mol. The second-order valence-electron chi connectivity index (χ2n) is 5.78. The lowest BCUT2D eigenvalue weighted by Gasteiger charge is -2.19. The van der Waals surface area contributed by atoms with Crippen molar-refractivity contribution in [2.75, 3.05) is 0 Å². The standard InChI is InChI=1S/C11H16N2O2.C6H8N2/c1-11(2,3)15-10(14)13-8-9-5-4-6-12-7-9;7-5-6-1-3-8-4-2-6/h4-7H,8H2,1-3H3,(H,13,14);1-4H,5,7H2. The summed E-state index contributed by atoms with van der Waals surface area (Å²) in [4.78, 5) is 19.1. The molecule has 2 aromatic heterocycles. The summed E-state index contributed by atoms with van der Waals surface area (Å²) in [5.41, 5.74) is 6.94. The molecule has 0 atom stereocenters. The van der Waals surface area contributed by atoms with E-state index in [0.717, 1.165) is 11.1 Å². The monoisotopic (exact) mass is 316 g/mol. The minimum atomic E-state index is -0.459. The predicted octanol–water partition coefficient (Wildman–Crippen LogP) is 2.65. The van der Waals surface area contributed by atoms with Crippen molar-refractivity contribution in [3.63, 3.8) is 0 Å². The SMILES string of the molecule is CC(C)(C)OC(=O)NCc1cccnc1.NCc1ccncc1. The number of nitrogens with zero attached hydrogens (tertiary/aromatic N) is 2. The maximum Gasteiger partial charge on any atom is 0.407 e. The van der Waals surface area contributed by atoms with Crippen molar-refractivity contribution >= 4 is 6.09 Å². The summed E-state index contributed by atoms with van der Waals surface area (Å²) in [6.45, 7) is 6.52. The molecule has 0 bridgehead atoms. The zero-order valence-electron chi connectivity index (χ0n) is 13.8. The van der Waals surface area contributed by atoms with Crippen molar-refractivity contribution in [2.24, 2.45) is 5.73 Å². The Hall–Kier alpha value is -2.47. The second-order valence-corrected chi connectivity index (χ2v) is 5.78. The van der Waals surface area contributed by atoms with E-state index in [1.807, 2.05) is 45.0 Å². The molecule has 2 heterocycles. The molecule has 0 aliphatic rings. The highest BCUT2D eigenvalue weighted by Crippen LogP contribution is 2.06. The van der Waals surface area contributed by atoms with Gasteiger partial charge >= 0.3 is 6.09 Å². The van der Waals surface area contributed by atoms with E-state index in [2.05, 4.69) is 15.3 Å². The molecule has 23 heavy (non-hydrogen) atoms. The van der Waals surface area contributed by atoms with E-state index in [-0.39, 0.29) is 0 Å². The number of nitrogens with one attached hydrogen (secondary N) is 1. The largest absolute Gasteiger partial charge is 0.444 e. The van der Waals surface area contributed by atoms with Crippen LogP contribution < -0.4 is 11.1 Å². The zero-order valence-corrected chi connectivity index (χ0v) is 13.8. The highest BCUT2D eigenvalue weighted by Gasteiger charge is 2.15. The number of nitrogens with two attached hydrogens (primary N) is 1. The molecule has 0 aromatic carbocycles. The third-order valence-electron chi connectivity index (χ3n) is 2.54. The molecule has 6 nitrogen and oxygen atoms in total. The van der Waals surface area contributed by atoms with Gasteiger partial charge in [0.1, 0.15) is 5.60 Å². The first-order chi connectivity index (χ1) is 10.9. The molecule has 0 fully saturated rings. The molecule has 124 valence electrons. The maximum atomic E-state index is 11.3. The van der Waals surface area contributed by atoms with Crippen LogP contribution in [0.1, 0.15) is 31.9 Å². The summed E-state index contributed by atoms with van der Waals surface area (Å²) in [7, 11) is 0. The maximum absolute atomic E-state index is 11.3. The summed E-state index contributed by atoms with van der Waals surface area (Å²) in [6.07, 6.45) is 6.46. The number of ether oxygens (including phenoxy) is 1. The van der Waals surface area contributed by atoms with E-state index < -0.39 is 11.7 Å². The van der Waals surface area contributed by atoms with Gasteiger partial charge in [-0.1, -0.05) is 6.07 Å². The molecule has 0 radical (unpaired) electrons. The van der Waals surface area contributed by atoms with Crippen molar-refractivity contribution in [3.05, 3.63) is 60.2 Å². The van der Waals surface area contributed by atoms with Crippen LogP contribution in [0, 0.1) is 0 Å². The van der Waals surface area contributed by atoms with Crippen molar-refractivity contribution in [1.82, 2.24) is 15.3 Å². The van der Waals surface area contributed by atoms with E-state index in [1.54, 1.807) is 24.8 Å². The molecule has 0 saturated heterocycles. The topological polar surface area (TPSA) is 90.1 Å². The van der Waals surface area contributed by atoms with Gasteiger partial charge < -0.3 is 15.8 Å². The van der Waals surface area contributed by atoms with Gasteiger partial charge in [-0.25, -0.2) is 4.79 Å². The van der Waals surface area contributed by atoms with Crippen LogP contribution in [0.3, 0.4) is 0 Å². The van der Waals surface area contributed by atoms with Gasteiger partial charge in [0.25, 0.3) is 0 Å². The fraction of sp³-hybridized carbons (Fsp3) is 0.353. The van der Waals surface area contributed by atoms with Gasteiger partial charge in [-0.3, -0.25) is 9.97 Å². The van der Waals surface area contributed by atoms with E-state index in [0.29, 0.717) is 13.1 Å². The number of pyridine rings is 2. The first kappa shape index (κ1) is 18.6. The molecular formula is C17H24N4O2. The minimum absolute atomic E-state index is 0.411. The third kappa shape index (κ3) is 9.21. The Kier molecular flexibility index (Phi) is 7.70. The minimum Gasteiger partial charge on any atom is -0.444 e. The second kappa shape index (κ2) is 9.53. The molecule has 0 aliphatic carbocycles. The summed E-state index contributed by atoms with van der Waals surface area (Å²) < 4.78 is 5.09. The van der Waals surface area contributed by atoms with Crippen molar-refractivity contribution in [1.29, 1.82) is 0 Å². The van der Waals surface area contributed by atoms with Crippen LogP contribution in [0.15, 0.2) is 49.1 Å². The molecule has 6 heteroatoms. The number of carbonyl (C=O) groups is 1. The molecule has 1 amide bonds. The lowest BCUT2D eigenvalue weighted by molar-refractivity contribution is 0.0523. The van der Waals surface area contributed by atoms with Crippen LogP contribution in [0.2, 0.25) is 0 Å². The Morgan fingerprint density at radius 1 is 1.13 bits per heavy atom. The average Bonchev–Trinajstić information content (AvgIpc) is 2.54. The lowest BCUT2D eigenvalue weighted by Crippen LogP contribution is -2.32. The first-order valence-electron chi connectivity index (χ1n) is 7.35. The first-order valence-corrected chi connectivity index (χ1v) is 7.35. The molecule has 2 rings (SSSR count).